The van der Waals surface area contributed by atoms with Crippen LogP contribution in [-0.4, -0.2) is 65.7 Å². The summed E-state index contributed by atoms with van der Waals surface area (Å²) in [5, 5.41) is 5.51. The van der Waals surface area contributed by atoms with Gasteiger partial charge < -0.3 is 25.0 Å². The van der Waals surface area contributed by atoms with Gasteiger partial charge in [0.05, 0.1) is 0 Å². The van der Waals surface area contributed by atoms with Crippen LogP contribution in [-0.2, 0) is 6.54 Å². The molecule has 2 bridgehead atoms. The number of carbonyl (C=O) groups excluding carboxylic acids is 2. The van der Waals surface area contributed by atoms with Crippen molar-refractivity contribution in [2.75, 3.05) is 44.2 Å². The van der Waals surface area contributed by atoms with Crippen LogP contribution in [0.3, 0.4) is 0 Å². The standard InChI is InChI=1S/C22H26N6O3/c29-20(24-7-9-26-10-8-25-22(26)31)17-4-5-18-16-11-15(13-28(18)21(17)30)12-27(14-16)19-3-1-2-6-23-19/h1-6,15-16H,7-14H2,(H,24,29)(H,25,31)/t15-,16+/m0/s1. The van der Waals surface area contributed by atoms with Gasteiger partial charge in [-0.05, 0) is 36.6 Å². The second-order valence-corrected chi connectivity index (χ2v) is 8.45. The number of carbonyl (C=O) groups is 2. The molecule has 162 valence electrons. The number of fused-ring (bicyclic) bond motifs is 4. The number of nitrogens with one attached hydrogen (secondary N) is 2. The molecule has 5 heterocycles. The fourth-order valence-corrected chi connectivity index (χ4v) is 4.97. The third kappa shape index (κ3) is 3.75. The quantitative estimate of drug-likeness (QED) is 0.736. The molecule has 0 radical (unpaired) electrons. The molecule has 0 aliphatic carbocycles. The Hall–Kier alpha value is -3.36. The highest BCUT2D eigenvalue weighted by atomic mass is 16.2. The summed E-state index contributed by atoms with van der Waals surface area (Å²) in [4.78, 5) is 45.7. The molecule has 2 N–H and O–H groups in total. The molecule has 2 aromatic rings. The third-order valence-electron chi connectivity index (χ3n) is 6.43. The van der Waals surface area contributed by atoms with Crippen molar-refractivity contribution in [3.05, 3.63) is 58.1 Å². The van der Waals surface area contributed by atoms with Crippen molar-refractivity contribution in [2.45, 2.75) is 18.9 Å². The van der Waals surface area contributed by atoms with E-state index in [1.54, 1.807) is 21.7 Å². The van der Waals surface area contributed by atoms with E-state index >= 15 is 0 Å². The van der Waals surface area contributed by atoms with Gasteiger partial charge in [-0.15, -0.1) is 0 Å². The zero-order chi connectivity index (χ0) is 21.4. The number of aromatic nitrogens is 2. The van der Waals surface area contributed by atoms with E-state index in [0.29, 0.717) is 38.6 Å². The lowest BCUT2D eigenvalue weighted by atomic mass is 9.83. The Bertz CT molecular complexity index is 1050. The summed E-state index contributed by atoms with van der Waals surface area (Å²) in [6, 6.07) is 9.38. The van der Waals surface area contributed by atoms with E-state index in [1.807, 2.05) is 24.3 Å². The van der Waals surface area contributed by atoms with E-state index in [9.17, 15) is 14.4 Å². The van der Waals surface area contributed by atoms with Gasteiger partial charge >= 0.3 is 6.03 Å². The fourth-order valence-electron chi connectivity index (χ4n) is 4.97. The normalized spacial score (nSPS) is 22.1. The number of anilines is 1. The van der Waals surface area contributed by atoms with Crippen molar-refractivity contribution < 1.29 is 9.59 Å². The van der Waals surface area contributed by atoms with Gasteiger partial charge in [-0.2, -0.15) is 0 Å². The zero-order valence-electron chi connectivity index (χ0n) is 17.3. The molecule has 0 saturated carbocycles. The molecule has 2 atom stereocenters. The molecule has 9 heteroatoms. The van der Waals surface area contributed by atoms with Gasteiger partial charge in [0.1, 0.15) is 11.4 Å². The van der Waals surface area contributed by atoms with Crippen molar-refractivity contribution in [2.24, 2.45) is 5.92 Å². The fraction of sp³-hybridized carbons (Fsp3) is 0.455. The topological polar surface area (TPSA) is 99.6 Å². The lowest BCUT2D eigenvalue weighted by Crippen LogP contribution is -2.48. The minimum atomic E-state index is -0.384. The summed E-state index contributed by atoms with van der Waals surface area (Å²) < 4.78 is 1.79. The maximum Gasteiger partial charge on any atom is 0.317 e. The van der Waals surface area contributed by atoms with E-state index < -0.39 is 0 Å². The van der Waals surface area contributed by atoms with Gasteiger partial charge in [-0.1, -0.05) is 6.07 Å². The first-order valence-corrected chi connectivity index (χ1v) is 10.8. The first kappa shape index (κ1) is 19.6. The highest BCUT2D eigenvalue weighted by molar-refractivity contribution is 5.93. The van der Waals surface area contributed by atoms with Crippen LogP contribution in [0.2, 0.25) is 0 Å². The zero-order valence-corrected chi connectivity index (χ0v) is 17.3. The van der Waals surface area contributed by atoms with Crippen molar-refractivity contribution in [1.82, 2.24) is 25.1 Å². The number of urea groups is 1. The molecular formula is C22H26N6O3. The predicted octanol–water partition coefficient (Wildman–Crippen LogP) is 0.622. The molecule has 3 aliphatic heterocycles. The average Bonchev–Trinajstić information content (AvgIpc) is 3.19. The average molecular weight is 422 g/mol. The summed E-state index contributed by atoms with van der Waals surface area (Å²) >= 11 is 0. The molecule has 0 aromatic carbocycles. The smallest absolute Gasteiger partial charge is 0.317 e. The highest BCUT2D eigenvalue weighted by Gasteiger charge is 2.35. The second kappa shape index (κ2) is 8.05. The number of amides is 3. The molecule has 5 rings (SSSR count). The summed E-state index contributed by atoms with van der Waals surface area (Å²) in [6.45, 7) is 4.29. The van der Waals surface area contributed by atoms with Gasteiger partial charge in [-0.3, -0.25) is 9.59 Å². The molecule has 3 amide bonds. The van der Waals surface area contributed by atoms with E-state index in [0.717, 1.165) is 31.0 Å². The molecule has 3 aliphatic rings. The van der Waals surface area contributed by atoms with Crippen molar-refractivity contribution in [3.8, 4) is 0 Å². The first-order valence-electron chi connectivity index (χ1n) is 10.8. The largest absolute Gasteiger partial charge is 0.356 e. The second-order valence-electron chi connectivity index (χ2n) is 8.45. The summed E-state index contributed by atoms with van der Waals surface area (Å²) in [5.74, 6) is 1.17. The van der Waals surface area contributed by atoms with Crippen molar-refractivity contribution >= 4 is 17.8 Å². The van der Waals surface area contributed by atoms with Gasteiger partial charge in [0, 0.05) is 63.6 Å². The van der Waals surface area contributed by atoms with Gasteiger partial charge in [0.2, 0.25) is 0 Å². The number of pyridine rings is 2. The van der Waals surface area contributed by atoms with Crippen LogP contribution in [0.15, 0.2) is 41.3 Å². The molecule has 0 unspecified atom stereocenters. The maximum absolute atomic E-state index is 13.1. The third-order valence-corrected chi connectivity index (χ3v) is 6.43. The summed E-state index contributed by atoms with van der Waals surface area (Å²) in [5.41, 5.74) is 0.929. The maximum atomic E-state index is 13.1. The Labute approximate surface area is 180 Å². The van der Waals surface area contributed by atoms with Gasteiger partial charge in [0.15, 0.2) is 0 Å². The number of piperidine rings is 1. The van der Waals surface area contributed by atoms with E-state index in [1.165, 1.54) is 0 Å². The number of rotatable bonds is 5. The van der Waals surface area contributed by atoms with Crippen LogP contribution < -0.4 is 21.1 Å². The lowest BCUT2D eigenvalue weighted by Gasteiger charge is -2.43. The Morgan fingerprint density at radius 1 is 1.16 bits per heavy atom. The Morgan fingerprint density at radius 2 is 2.06 bits per heavy atom. The number of hydrogen-bond acceptors (Lipinski definition) is 5. The van der Waals surface area contributed by atoms with E-state index in [-0.39, 0.29) is 29.0 Å². The van der Waals surface area contributed by atoms with E-state index in [2.05, 4.69) is 20.5 Å². The molecular weight excluding hydrogens is 396 g/mol. The summed E-state index contributed by atoms with van der Waals surface area (Å²) in [7, 11) is 0. The van der Waals surface area contributed by atoms with Crippen LogP contribution in [0.25, 0.3) is 0 Å². The predicted molar refractivity (Wildman–Crippen MR) is 115 cm³/mol. The minimum Gasteiger partial charge on any atom is -0.356 e. The highest BCUT2D eigenvalue weighted by Crippen LogP contribution is 2.36. The molecule has 31 heavy (non-hydrogen) atoms. The monoisotopic (exact) mass is 422 g/mol. The Morgan fingerprint density at radius 3 is 2.84 bits per heavy atom. The SMILES string of the molecule is O=C(NCCN1CCNC1=O)c1ccc2n(c1=O)C[C@H]1C[C@@H]2CN(c2ccccn2)C1. The number of nitrogens with zero attached hydrogens (tertiary/aromatic N) is 4. The Kier molecular flexibility index (Phi) is 5.09. The number of hydrogen-bond donors (Lipinski definition) is 2. The van der Waals surface area contributed by atoms with Gasteiger partial charge in [-0.25, -0.2) is 9.78 Å². The molecule has 2 aromatic heterocycles. The lowest BCUT2D eigenvalue weighted by molar-refractivity contribution is 0.0947. The first-order chi connectivity index (χ1) is 15.1. The van der Waals surface area contributed by atoms with Crippen LogP contribution in [0.1, 0.15) is 28.4 Å². The molecule has 0 spiro atoms. The van der Waals surface area contributed by atoms with E-state index in [4.69, 9.17) is 0 Å². The van der Waals surface area contributed by atoms with Crippen LogP contribution in [0.4, 0.5) is 10.6 Å². The minimum absolute atomic E-state index is 0.116. The van der Waals surface area contributed by atoms with Crippen LogP contribution in [0.5, 0.6) is 0 Å². The molecule has 9 nitrogen and oxygen atoms in total. The molecule has 2 saturated heterocycles. The summed E-state index contributed by atoms with van der Waals surface area (Å²) in [6.07, 6.45) is 2.85. The van der Waals surface area contributed by atoms with Crippen molar-refractivity contribution in [3.63, 3.8) is 0 Å². The molecule has 2 fully saturated rings. The van der Waals surface area contributed by atoms with Crippen molar-refractivity contribution in [1.29, 1.82) is 0 Å². The van der Waals surface area contributed by atoms with Crippen LogP contribution >= 0.6 is 0 Å². The van der Waals surface area contributed by atoms with Gasteiger partial charge in [0.25, 0.3) is 11.5 Å². The Balaban J connectivity index is 1.30. The van der Waals surface area contributed by atoms with Crippen LogP contribution in [0, 0.1) is 5.92 Å².